The SMILES string of the molecule is COc1ccc(-n2nnn(CN3CCc4sccc4[C@@H]3C3CC3)c2=S)cc1. The fourth-order valence-electron chi connectivity index (χ4n) is 3.94. The number of ether oxygens (including phenoxy) is 1. The van der Waals surface area contributed by atoms with Gasteiger partial charge in [-0.3, -0.25) is 4.90 Å². The minimum absolute atomic E-state index is 0.494. The summed E-state index contributed by atoms with van der Waals surface area (Å²) in [6.45, 7) is 1.73. The molecule has 0 saturated heterocycles. The molecule has 8 heteroatoms. The van der Waals surface area contributed by atoms with Crippen LogP contribution in [0.25, 0.3) is 5.69 Å². The third-order valence-electron chi connectivity index (χ3n) is 5.46. The van der Waals surface area contributed by atoms with Crippen LogP contribution in [0, 0.1) is 10.7 Å². The number of nitrogens with zero attached hydrogens (tertiary/aromatic N) is 5. The Morgan fingerprint density at radius 2 is 2.00 bits per heavy atom. The average molecular weight is 400 g/mol. The van der Waals surface area contributed by atoms with Crippen LogP contribution in [0.2, 0.25) is 0 Å². The first-order valence-corrected chi connectivity index (χ1v) is 10.5. The molecule has 1 aromatic carbocycles. The van der Waals surface area contributed by atoms with E-state index in [0.717, 1.165) is 30.3 Å². The van der Waals surface area contributed by atoms with Crippen molar-refractivity contribution in [2.45, 2.75) is 32.0 Å². The number of thiophene rings is 1. The van der Waals surface area contributed by atoms with Crippen LogP contribution in [0.5, 0.6) is 5.75 Å². The van der Waals surface area contributed by atoms with E-state index in [1.54, 1.807) is 16.7 Å². The lowest BCUT2D eigenvalue weighted by molar-refractivity contribution is 0.116. The summed E-state index contributed by atoms with van der Waals surface area (Å²) in [7, 11) is 1.66. The number of tetrazole rings is 1. The third kappa shape index (κ3) is 3.11. The first-order chi connectivity index (χ1) is 13.2. The third-order valence-corrected chi connectivity index (χ3v) is 6.84. The Labute approximate surface area is 167 Å². The van der Waals surface area contributed by atoms with Gasteiger partial charge in [-0.05, 0) is 89.1 Å². The normalized spacial score (nSPS) is 19.8. The Hall–Kier alpha value is -2.03. The minimum atomic E-state index is 0.494. The summed E-state index contributed by atoms with van der Waals surface area (Å²) >= 11 is 7.56. The lowest BCUT2D eigenvalue weighted by Gasteiger charge is -2.35. The van der Waals surface area contributed by atoms with Crippen LogP contribution in [0.15, 0.2) is 35.7 Å². The van der Waals surface area contributed by atoms with E-state index in [4.69, 9.17) is 17.0 Å². The highest BCUT2D eigenvalue weighted by atomic mass is 32.1. The van der Waals surface area contributed by atoms with E-state index in [0.29, 0.717) is 17.5 Å². The van der Waals surface area contributed by atoms with Gasteiger partial charge >= 0.3 is 0 Å². The van der Waals surface area contributed by atoms with Crippen molar-refractivity contribution < 1.29 is 4.74 Å². The van der Waals surface area contributed by atoms with Gasteiger partial charge in [0.15, 0.2) is 0 Å². The molecule has 0 bridgehead atoms. The Bertz CT molecular complexity index is 1000. The topological polar surface area (TPSA) is 48.1 Å². The Kier molecular flexibility index (Phi) is 4.34. The summed E-state index contributed by atoms with van der Waals surface area (Å²) < 4.78 is 9.39. The first-order valence-electron chi connectivity index (χ1n) is 9.22. The predicted molar refractivity (Wildman–Crippen MR) is 107 cm³/mol. The van der Waals surface area contributed by atoms with Crippen molar-refractivity contribution in [1.82, 2.24) is 24.7 Å². The first kappa shape index (κ1) is 17.1. The highest BCUT2D eigenvalue weighted by Crippen LogP contribution is 2.48. The number of hydrogen-bond donors (Lipinski definition) is 0. The summed E-state index contributed by atoms with van der Waals surface area (Å²) in [6, 6.07) is 10.5. The van der Waals surface area contributed by atoms with E-state index in [-0.39, 0.29) is 0 Å². The quantitative estimate of drug-likeness (QED) is 0.610. The van der Waals surface area contributed by atoms with Crippen molar-refractivity contribution in [2.24, 2.45) is 5.92 Å². The number of fused-ring (bicyclic) bond motifs is 1. The van der Waals surface area contributed by atoms with Crippen molar-refractivity contribution in [3.63, 3.8) is 0 Å². The van der Waals surface area contributed by atoms with Crippen LogP contribution >= 0.6 is 23.6 Å². The molecule has 0 N–H and O–H groups in total. The highest BCUT2D eigenvalue weighted by molar-refractivity contribution is 7.71. The van der Waals surface area contributed by atoms with Gasteiger partial charge < -0.3 is 4.74 Å². The van der Waals surface area contributed by atoms with Crippen LogP contribution in [0.4, 0.5) is 0 Å². The van der Waals surface area contributed by atoms with Crippen LogP contribution in [0.3, 0.4) is 0 Å². The van der Waals surface area contributed by atoms with E-state index in [1.807, 2.05) is 40.3 Å². The second-order valence-corrected chi connectivity index (χ2v) is 8.52. The number of hydrogen-bond acceptors (Lipinski definition) is 6. The summed E-state index contributed by atoms with van der Waals surface area (Å²) in [5.41, 5.74) is 2.41. The molecule has 6 nitrogen and oxygen atoms in total. The molecule has 1 aliphatic carbocycles. The fourth-order valence-corrected chi connectivity index (χ4v) is 5.09. The molecule has 0 radical (unpaired) electrons. The molecule has 2 aliphatic rings. The largest absolute Gasteiger partial charge is 0.497 e. The Morgan fingerprint density at radius 1 is 1.19 bits per heavy atom. The number of methoxy groups -OCH3 is 1. The van der Waals surface area contributed by atoms with Gasteiger partial charge in [-0.25, -0.2) is 4.68 Å². The zero-order valence-electron chi connectivity index (χ0n) is 15.1. The van der Waals surface area contributed by atoms with E-state index in [1.165, 1.54) is 18.4 Å². The maximum absolute atomic E-state index is 5.66. The molecule has 1 fully saturated rings. The lowest BCUT2D eigenvalue weighted by atomic mass is 9.96. The van der Waals surface area contributed by atoms with Gasteiger partial charge in [-0.15, -0.1) is 11.3 Å². The molecule has 1 saturated carbocycles. The fraction of sp³-hybridized carbons (Fsp3) is 0.421. The summed E-state index contributed by atoms with van der Waals surface area (Å²) in [5, 5.41) is 10.9. The molecule has 2 aromatic heterocycles. The van der Waals surface area contributed by atoms with Crippen molar-refractivity contribution in [3.05, 3.63) is 50.9 Å². The van der Waals surface area contributed by atoms with Gasteiger partial charge in [0, 0.05) is 17.5 Å². The van der Waals surface area contributed by atoms with Crippen molar-refractivity contribution in [1.29, 1.82) is 0 Å². The summed E-state index contributed by atoms with van der Waals surface area (Å²) in [4.78, 5) is 4.07. The second kappa shape index (κ2) is 6.85. The highest BCUT2D eigenvalue weighted by Gasteiger charge is 2.40. The van der Waals surface area contributed by atoms with Crippen LogP contribution < -0.4 is 4.74 Å². The minimum Gasteiger partial charge on any atom is -0.497 e. The Balaban J connectivity index is 1.41. The molecule has 3 aromatic rings. The molecule has 0 amide bonds. The predicted octanol–water partition coefficient (Wildman–Crippen LogP) is 3.84. The maximum Gasteiger partial charge on any atom is 0.221 e. The smallest absolute Gasteiger partial charge is 0.221 e. The molecule has 1 atom stereocenters. The van der Waals surface area contributed by atoms with Gasteiger partial charge in [-0.1, -0.05) is 0 Å². The molecular weight excluding hydrogens is 378 g/mol. The molecule has 0 unspecified atom stereocenters. The van der Waals surface area contributed by atoms with Gasteiger partial charge in [0.05, 0.1) is 19.5 Å². The van der Waals surface area contributed by atoms with Crippen molar-refractivity contribution in [2.75, 3.05) is 13.7 Å². The number of rotatable bonds is 5. The molecule has 140 valence electrons. The molecule has 27 heavy (non-hydrogen) atoms. The van der Waals surface area contributed by atoms with Gasteiger partial charge in [0.25, 0.3) is 0 Å². The van der Waals surface area contributed by atoms with E-state index in [9.17, 15) is 0 Å². The van der Waals surface area contributed by atoms with Crippen LogP contribution in [0.1, 0.15) is 29.3 Å². The Morgan fingerprint density at radius 3 is 2.74 bits per heavy atom. The second-order valence-electron chi connectivity index (χ2n) is 7.16. The average Bonchev–Trinajstić information content (AvgIpc) is 3.31. The van der Waals surface area contributed by atoms with E-state index in [2.05, 4.69) is 26.8 Å². The monoisotopic (exact) mass is 399 g/mol. The lowest BCUT2D eigenvalue weighted by Crippen LogP contribution is -2.37. The van der Waals surface area contributed by atoms with Crippen molar-refractivity contribution in [3.8, 4) is 11.4 Å². The molecular formula is C19H21N5OS2. The standard InChI is InChI=1S/C19H21N5OS2/c1-25-15-6-4-14(5-7-15)24-19(26)23(20-21-24)12-22-10-8-17-16(9-11-27-17)18(22)13-2-3-13/h4-7,9,11,13,18H,2-3,8,10,12H2,1H3/t18-/m0/s1. The van der Waals surface area contributed by atoms with Crippen molar-refractivity contribution >= 4 is 23.6 Å². The molecule has 1 aliphatic heterocycles. The van der Waals surface area contributed by atoms with Gasteiger partial charge in [0.2, 0.25) is 4.77 Å². The summed E-state index contributed by atoms with van der Waals surface area (Å²) in [6.07, 6.45) is 3.75. The van der Waals surface area contributed by atoms with Gasteiger partial charge in [0.1, 0.15) is 5.75 Å². The molecule has 3 heterocycles. The van der Waals surface area contributed by atoms with Gasteiger partial charge in [-0.2, -0.15) is 4.68 Å². The van der Waals surface area contributed by atoms with Crippen LogP contribution in [-0.4, -0.2) is 38.3 Å². The van der Waals surface area contributed by atoms with E-state index < -0.39 is 0 Å². The zero-order valence-corrected chi connectivity index (χ0v) is 16.7. The summed E-state index contributed by atoms with van der Waals surface area (Å²) in [5.74, 6) is 1.58. The van der Waals surface area contributed by atoms with Crippen LogP contribution in [-0.2, 0) is 13.1 Å². The number of benzene rings is 1. The maximum atomic E-state index is 5.66. The molecule has 5 rings (SSSR count). The molecule has 0 spiro atoms. The zero-order chi connectivity index (χ0) is 18.4. The number of aromatic nitrogens is 4. The van der Waals surface area contributed by atoms with E-state index >= 15 is 0 Å².